The summed E-state index contributed by atoms with van der Waals surface area (Å²) in [5.41, 5.74) is 6.73. The van der Waals surface area contributed by atoms with Gasteiger partial charge in [0, 0.05) is 5.75 Å². The lowest BCUT2D eigenvalue weighted by Crippen LogP contribution is -2.52. The Morgan fingerprint density at radius 2 is 2.26 bits per heavy atom. The number of H-pyrrole nitrogens is 1. The summed E-state index contributed by atoms with van der Waals surface area (Å²) in [4.78, 5) is 18.9. The van der Waals surface area contributed by atoms with E-state index in [1.54, 1.807) is 0 Å². The molecule has 1 fully saturated rings. The number of aliphatic carboxylic acids is 1. The molecule has 0 radical (unpaired) electrons. The average molecular weight is 277 g/mol. The van der Waals surface area contributed by atoms with Crippen molar-refractivity contribution in [1.82, 2.24) is 9.97 Å². The number of nitrogens with zero attached hydrogens (tertiary/aromatic N) is 1. The van der Waals surface area contributed by atoms with Gasteiger partial charge in [-0.25, -0.2) is 4.98 Å². The Bertz CT molecular complexity index is 590. The van der Waals surface area contributed by atoms with Crippen molar-refractivity contribution in [2.45, 2.75) is 23.5 Å². The molecule has 19 heavy (non-hydrogen) atoms. The highest BCUT2D eigenvalue weighted by atomic mass is 32.2. The number of nitrogens with two attached hydrogens (primary N) is 1. The Labute approximate surface area is 114 Å². The number of carbonyl (C=O) groups is 1. The fourth-order valence-electron chi connectivity index (χ4n) is 2.14. The SMILES string of the molecule is NC(CSc1nc2ccccc2[nH]1)(C(=O)O)C1CC1. The van der Waals surface area contributed by atoms with Gasteiger partial charge in [-0.3, -0.25) is 4.79 Å². The fraction of sp³-hybridized carbons (Fsp3) is 0.385. The third-order valence-electron chi connectivity index (χ3n) is 3.52. The van der Waals surface area contributed by atoms with E-state index in [1.165, 1.54) is 11.8 Å². The largest absolute Gasteiger partial charge is 0.480 e. The van der Waals surface area contributed by atoms with Gasteiger partial charge in [0.25, 0.3) is 0 Å². The number of rotatable bonds is 5. The molecule has 6 heteroatoms. The summed E-state index contributed by atoms with van der Waals surface area (Å²) in [6.07, 6.45) is 1.81. The Hall–Kier alpha value is -1.53. The van der Waals surface area contributed by atoms with E-state index in [2.05, 4.69) is 9.97 Å². The van der Waals surface area contributed by atoms with Crippen LogP contribution in [0.3, 0.4) is 0 Å². The van der Waals surface area contributed by atoms with Crippen LogP contribution < -0.4 is 5.73 Å². The van der Waals surface area contributed by atoms with Crippen LogP contribution in [0.25, 0.3) is 11.0 Å². The maximum Gasteiger partial charge on any atom is 0.324 e. The van der Waals surface area contributed by atoms with Gasteiger partial charge in [0.05, 0.1) is 11.0 Å². The van der Waals surface area contributed by atoms with Crippen LogP contribution in [0.2, 0.25) is 0 Å². The van der Waals surface area contributed by atoms with E-state index in [9.17, 15) is 9.90 Å². The van der Waals surface area contributed by atoms with Crippen molar-refractivity contribution in [2.75, 3.05) is 5.75 Å². The number of benzene rings is 1. The van der Waals surface area contributed by atoms with Crippen LogP contribution in [-0.2, 0) is 4.79 Å². The van der Waals surface area contributed by atoms with Crippen LogP contribution in [0.5, 0.6) is 0 Å². The van der Waals surface area contributed by atoms with Gasteiger partial charge in [-0.05, 0) is 30.9 Å². The van der Waals surface area contributed by atoms with Gasteiger partial charge < -0.3 is 15.8 Å². The molecule has 1 aromatic heterocycles. The molecule has 2 aromatic rings. The number of hydrogen-bond donors (Lipinski definition) is 3. The van der Waals surface area contributed by atoms with E-state index in [1.807, 2.05) is 24.3 Å². The van der Waals surface area contributed by atoms with Crippen molar-refractivity contribution in [3.8, 4) is 0 Å². The lowest BCUT2D eigenvalue weighted by molar-refractivity contribution is -0.143. The lowest BCUT2D eigenvalue weighted by Gasteiger charge is -2.23. The number of para-hydroxylation sites is 2. The first kappa shape index (κ1) is 12.5. The van der Waals surface area contributed by atoms with Gasteiger partial charge in [-0.2, -0.15) is 0 Å². The van der Waals surface area contributed by atoms with E-state index in [4.69, 9.17) is 5.73 Å². The molecule has 1 aliphatic rings. The predicted octanol–water partition coefficient (Wildman–Crippen LogP) is 1.85. The molecule has 0 bridgehead atoms. The number of hydrogen-bond acceptors (Lipinski definition) is 4. The van der Waals surface area contributed by atoms with E-state index in [-0.39, 0.29) is 5.92 Å². The highest BCUT2D eigenvalue weighted by Gasteiger charge is 2.48. The molecule has 0 amide bonds. The first-order valence-corrected chi connectivity index (χ1v) is 7.18. The monoisotopic (exact) mass is 277 g/mol. The van der Waals surface area contributed by atoms with Crippen LogP contribution in [0, 0.1) is 5.92 Å². The Balaban J connectivity index is 1.76. The summed E-state index contributed by atoms with van der Waals surface area (Å²) in [6.45, 7) is 0. The third-order valence-corrected chi connectivity index (χ3v) is 4.61. The minimum Gasteiger partial charge on any atom is -0.480 e. The Morgan fingerprint density at radius 1 is 1.53 bits per heavy atom. The zero-order chi connectivity index (χ0) is 13.5. The summed E-state index contributed by atoms with van der Waals surface area (Å²) in [5.74, 6) is -0.479. The standard InChI is InChI=1S/C13H15N3O2S/c14-13(11(17)18,8-5-6-8)7-19-12-15-9-3-1-2-4-10(9)16-12/h1-4,8H,5-7,14H2,(H,15,16)(H,17,18). The number of aromatic amines is 1. The summed E-state index contributed by atoms with van der Waals surface area (Å²) in [7, 11) is 0. The molecule has 1 aliphatic carbocycles. The lowest BCUT2D eigenvalue weighted by atomic mass is 9.98. The van der Waals surface area contributed by atoms with E-state index < -0.39 is 11.5 Å². The number of nitrogens with one attached hydrogen (secondary N) is 1. The molecule has 4 N–H and O–H groups in total. The van der Waals surface area contributed by atoms with Gasteiger partial charge in [-0.1, -0.05) is 23.9 Å². The van der Waals surface area contributed by atoms with Crippen LogP contribution in [-0.4, -0.2) is 32.3 Å². The molecular formula is C13H15N3O2S. The second-order valence-corrected chi connectivity index (χ2v) is 5.93. The van der Waals surface area contributed by atoms with E-state index >= 15 is 0 Å². The highest BCUT2D eigenvalue weighted by molar-refractivity contribution is 7.99. The van der Waals surface area contributed by atoms with Crippen LogP contribution in [0.1, 0.15) is 12.8 Å². The minimum absolute atomic E-state index is 0.0990. The van der Waals surface area contributed by atoms with Crippen molar-refractivity contribution in [3.63, 3.8) is 0 Å². The van der Waals surface area contributed by atoms with E-state index in [0.717, 1.165) is 29.0 Å². The van der Waals surface area contributed by atoms with Gasteiger partial charge >= 0.3 is 5.97 Å². The van der Waals surface area contributed by atoms with Gasteiger partial charge in [-0.15, -0.1) is 0 Å². The molecule has 0 spiro atoms. The molecule has 1 saturated carbocycles. The zero-order valence-corrected chi connectivity index (χ0v) is 11.1. The number of imidazole rings is 1. The van der Waals surface area contributed by atoms with Gasteiger partial charge in [0.2, 0.25) is 0 Å². The van der Waals surface area contributed by atoms with Crippen LogP contribution in [0.4, 0.5) is 0 Å². The molecular weight excluding hydrogens is 262 g/mol. The second-order valence-electron chi connectivity index (χ2n) is 4.97. The first-order chi connectivity index (χ1) is 9.09. The number of thioether (sulfide) groups is 1. The third kappa shape index (κ3) is 2.33. The van der Waals surface area contributed by atoms with E-state index in [0.29, 0.717) is 5.75 Å². The molecule has 100 valence electrons. The summed E-state index contributed by atoms with van der Waals surface area (Å²) >= 11 is 1.38. The normalized spacial score (nSPS) is 18.4. The Kier molecular flexibility index (Phi) is 2.99. The van der Waals surface area contributed by atoms with Gasteiger partial charge in [0.15, 0.2) is 5.16 Å². The Morgan fingerprint density at radius 3 is 2.89 bits per heavy atom. The molecule has 1 unspecified atom stereocenters. The van der Waals surface area contributed by atoms with Crippen molar-refractivity contribution in [3.05, 3.63) is 24.3 Å². The molecule has 1 atom stereocenters. The molecule has 1 aromatic carbocycles. The van der Waals surface area contributed by atoms with Crippen LogP contribution in [0.15, 0.2) is 29.4 Å². The van der Waals surface area contributed by atoms with Crippen LogP contribution >= 0.6 is 11.8 Å². The number of fused-ring (bicyclic) bond motifs is 1. The van der Waals surface area contributed by atoms with Crippen molar-refractivity contribution in [2.24, 2.45) is 11.7 Å². The topological polar surface area (TPSA) is 92.0 Å². The molecule has 5 nitrogen and oxygen atoms in total. The van der Waals surface area contributed by atoms with Crippen molar-refractivity contribution in [1.29, 1.82) is 0 Å². The first-order valence-electron chi connectivity index (χ1n) is 6.19. The highest BCUT2D eigenvalue weighted by Crippen LogP contribution is 2.40. The number of carboxylic acids is 1. The van der Waals surface area contributed by atoms with Crippen molar-refractivity contribution < 1.29 is 9.90 Å². The summed E-state index contributed by atoms with van der Waals surface area (Å²) in [6, 6.07) is 7.72. The second kappa shape index (κ2) is 4.54. The van der Waals surface area contributed by atoms with Crippen molar-refractivity contribution >= 4 is 28.8 Å². The predicted molar refractivity (Wildman–Crippen MR) is 74.1 cm³/mol. The maximum absolute atomic E-state index is 11.3. The quantitative estimate of drug-likeness (QED) is 0.725. The number of carboxylic acid groups (broad SMARTS) is 1. The fourth-order valence-corrected chi connectivity index (χ4v) is 3.22. The summed E-state index contributed by atoms with van der Waals surface area (Å²) in [5, 5.41) is 10.0. The molecule has 0 saturated heterocycles. The number of aromatic nitrogens is 2. The zero-order valence-electron chi connectivity index (χ0n) is 10.3. The summed E-state index contributed by atoms with van der Waals surface area (Å²) < 4.78 is 0. The molecule has 1 heterocycles. The van der Waals surface area contributed by atoms with Gasteiger partial charge in [0.1, 0.15) is 5.54 Å². The maximum atomic E-state index is 11.3. The molecule has 0 aliphatic heterocycles. The minimum atomic E-state index is -1.14. The molecule has 3 rings (SSSR count). The smallest absolute Gasteiger partial charge is 0.324 e. The average Bonchev–Trinajstić information content (AvgIpc) is 3.16.